The van der Waals surface area contributed by atoms with Crippen LogP contribution in [0.25, 0.3) is 44.4 Å². The smallest absolute Gasteiger partial charge is 0.489 e. The molecule has 0 atom stereocenters. The van der Waals surface area contributed by atoms with Gasteiger partial charge in [-0.05, 0) is 112 Å². The van der Waals surface area contributed by atoms with Crippen molar-refractivity contribution in [2.45, 2.75) is 67.5 Å². The Hall–Kier alpha value is -6.50. The second-order valence-corrected chi connectivity index (χ2v) is 23.2. The van der Waals surface area contributed by atoms with Crippen LogP contribution in [0.3, 0.4) is 0 Å². The van der Waals surface area contributed by atoms with Crippen LogP contribution >= 0.6 is 62.3 Å². The van der Waals surface area contributed by atoms with Gasteiger partial charge in [0.2, 0.25) is 0 Å². The van der Waals surface area contributed by atoms with E-state index in [0.29, 0.717) is 63.7 Å². The molecule has 80 heavy (non-hydrogen) atoms. The number of hydrogen-bond acceptors (Lipinski definition) is 10. The van der Waals surface area contributed by atoms with Crippen LogP contribution < -0.4 is 24.7 Å². The molecule has 10 aromatic rings. The maximum absolute atomic E-state index is 8.98. The van der Waals surface area contributed by atoms with Gasteiger partial charge in [0.1, 0.15) is 39.1 Å². The SMILES string of the molecule is Cc1cccc(OCC(C)C)c1-n1nc2c(c1-c1cccc3[nH]ccc13)CN(c1ncc(Cl)cc1Cl)CC2.Cc1cccc(OCC(C)C)c1-n1nc2c(c1Br)CN(c1ncc(Cl)cc1Cl)CC2.OB(O)c1cccc2[nH]ccc12. The van der Waals surface area contributed by atoms with Crippen LogP contribution in [-0.2, 0) is 25.9 Å². The minimum Gasteiger partial charge on any atom is -0.491 e. The van der Waals surface area contributed by atoms with Crippen LogP contribution in [0.15, 0.2) is 126 Å². The molecule has 8 heterocycles. The molecule has 20 heteroatoms. The number of hydrogen-bond donors (Lipinski definition) is 4. The van der Waals surface area contributed by atoms with E-state index in [9.17, 15) is 0 Å². The summed E-state index contributed by atoms with van der Waals surface area (Å²) in [5.74, 6) is 3.99. The Morgan fingerprint density at radius 3 is 1.66 bits per heavy atom. The molecule has 412 valence electrons. The van der Waals surface area contributed by atoms with Gasteiger partial charge in [-0.2, -0.15) is 10.2 Å². The van der Waals surface area contributed by atoms with E-state index in [1.165, 1.54) is 0 Å². The second-order valence-electron chi connectivity index (χ2n) is 20.7. The molecule has 4 N–H and O–H groups in total. The number of halogens is 5. The highest BCUT2D eigenvalue weighted by Crippen LogP contribution is 2.42. The van der Waals surface area contributed by atoms with Gasteiger partial charge in [-0.3, -0.25) is 0 Å². The summed E-state index contributed by atoms with van der Waals surface area (Å²) in [5, 5.41) is 32.3. The molecule has 0 unspecified atom stereocenters. The van der Waals surface area contributed by atoms with Gasteiger partial charge >= 0.3 is 7.12 Å². The topological polar surface area (TPSA) is 158 Å². The molecule has 0 saturated carbocycles. The first-order valence-electron chi connectivity index (χ1n) is 26.5. The highest BCUT2D eigenvalue weighted by molar-refractivity contribution is 9.10. The van der Waals surface area contributed by atoms with Crippen LogP contribution in [0.5, 0.6) is 11.5 Å². The number of rotatable bonds is 12. The van der Waals surface area contributed by atoms with E-state index in [0.717, 1.165) is 132 Å². The largest absolute Gasteiger partial charge is 0.491 e. The Kier molecular flexibility index (Phi) is 17.5. The Labute approximate surface area is 493 Å². The summed E-state index contributed by atoms with van der Waals surface area (Å²) in [6.07, 6.45) is 8.60. The first-order valence-corrected chi connectivity index (χ1v) is 28.8. The van der Waals surface area contributed by atoms with Gasteiger partial charge in [-0.25, -0.2) is 19.3 Å². The molecule has 6 aromatic heterocycles. The van der Waals surface area contributed by atoms with Crippen molar-refractivity contribution in [1.29, 1.82) is 0 Å². The number of aromatic nitrogens is 8. The molecule has 0 amide bonds. The molecule has 0 aliphatic carbocycles. The minimum absolute atomic E-state index is 0.410. The van der Waals surface area contributed by atoms with E-state index in [1.54, 1.807) is 42.9 Å². The highest BCUT2D eigenvalue weighted by Gasteiger charge is 2.31. The molecule has 4 aromatic carbocycles. The van der Waals surface area contributed by atoms with E-state index in [-0.39, 0.29) is 0 Å². The summed E-state index contributed by atoms with van der Waals surface area (Å²) in [6, 6.07) is 31.4. The average molecular weight is 1220 g/mol. The van der Waals surface area contributed by atoms with Gasteiger partial charge in [-0.15, -0.1) is 0 Å². The Balaban J connectivity index is 0.000000152. The van der Waals surface area contributed by atoms with Crippen LogP contribution in [-0.4, -0.2) is 83.0 Å². The standard InChI is InChI=1S/C30H29Cl2N5O.C22H23BrCl2N4O.C8H8BNO2/c1-18(2)17-38-27-9-4-6-19(3)28(27)37-29(22-7-5-8-25-21(22)10-12-33-25)23-16-36(13-11-26(23)35-37)30-24(32)14-20(31)15-34-30;1-13(2)12-30-19-6-4-5-14(3)20(19)29-21(23)16-11-28(8-7-18(16)27-29)22-17(25)9-15(24)10-26-22;11-9(12)7-2-1-3-8-6(7)4-5-10-8/h4-10,12,14-15,18,33H,11,13,16-17H2,1-3H3;4-6,9-10,13H,7-8,11-12H2,1-3H3;1-5,10-12H. The molecule has 2 aliphatic heterocycles. The van der Waals surface area contributed by atoms with Crippen LogP contribution in [0.4, 0.5) is 11.6 Å². The van der Waals surface area contributed by atoms with Gasteiger partial charge in [0.25, 0.3) is 0 Å². The summed E-state index contributed by atoms with van der Waals surface area (Å²) in [6.45, 7) is 16.9. The molecular formula is C60H60BBrCl4N10O4. The third kappa shape index (κ3) is 12.1. The molecule has 0 spiro atoms. The van der Waals surface area contributed by atoms with Crippen molar-refractivity contribution in [3.05, 3.63) is 180 Å². The number of para-hydroxylation sites is 2. The zero-order valence-electron chi connectivity index (χ0n) is 45.1. The second kappa shape index (κ2) is 24.7. The van der Waals surface area contributed by atoms with Crippen LogP contribution in [0.1, 0.15) is 61.3 Å². The number of nitrogens with one attached hydrogen (secondary N) is 2. The van der Waals surface area contributed by atoms with Crippen molar-refractivity contribution in [3.8, 4) is 34.1 Å². The van der Waals surface area contributed by atoms with E-state index >= 15 is 0 Å². The van der Waals surface area contributed by atoms with Gasteiger partial charge < -0.3 is 39.3 Å². The molecule has 14 nitrogen and oxygen atoms in total. The fourth-order valence-corrected chi connectivity index (χ4v) is 11.7. The van der Waals surface area contributed by atoms with Crippen molar-refractivity contribution in [2.24, 2.45) is 11.8 Å². The van der Waals surface area contributed by atoms with Crippen molar-refractivity contribution in [3.63, 3.8) is 0 Å². The third-order valence-electron chi connectivity index (χ3n) is 13.9. The molecule has 0 fully saturated rings. The lowest BCUT2D eigenvalue weighted by Gasteiger charge is -2.28. The summed E-state index contributed by atoms with van der Waals surface area (Å²) in [7, 11) is -1.40. The number of fused-ring (bicyclic) bond motifs is 4. The van der Waals surface area contributed by atoms with E-state index in [4.69, 9.17) is 76.1 Å². The van der Waals surface area contributed by atoms with E-state index in [2.05, 4.69) is 128 Å². The lowest BCUT2D eigenvalue weighted by molar-refractivity contribution is 0.269. The third-order valence-corrected chi connectivity index (χ3v) is 15.7. The Morgan fingerprint density at radius 1 is 0.625 bits per heavy atom. The maximum atomic E-state index is 8.98. The predicted octanol–water partition coefficient (Wildman–Crippen LogP) is 13.7. The number of aromatic amines is 2. The molecule has 0 saturated heterocycles. The number of pyridine rings is 2. The summed E-state index contributed by atoms with van der Waals surface area (Å²) in [4.78, 5) is 19.7. The number of benzene rings is 4. The fourth-order valence-electron chi connectivity index (χ4n) is 10.1. The van der Waals surface area contributed by atoms with Crippen LogP contribution in [0.2, 0.25) is 20.1 Å². The lowest BCUT2D eigenvalue weighted by Crippen LogP contribution is -2.31. The number of aryl methyl sites for hydroxylation is 2. The zero-order valence-corrected chi connectivity index (χ0v) is 49.7. The normalized spacial score (nSPS) is 13.0. The van der Waals surface area contributed by atoms with E-state index < -0.39 is 7.12 Å². The molecule has 0 radical (unpaired) electrons. The molecule has 0 bridgehead atoms. The lowest BCUT2D eigenvalue weighted by atomic mass is 9.78. The van der Waals surface area contributed by atoms with Gasteiger partial charge in [-0.1, -0.05) is 123 Å². The van der Waals surface area contributed by atoms with Crippen molar-refractivity contribution < 1.29 is 19.5 Å². The van der Waals surface area contributed by atoms with Crippen molar-refractivity contribution in [1.82, 2.24) is 39.5 Å². The van der Waals surface area contributed by atoms with E-state index in [1.807, 2.05) is 47.3 Å². The Morgan fingerprint density at radius 2 is 1.11 bits per heavy atom. The summed E-state index contributed by atoms with van der Waals surface area (Å²) >= 11 is 28.9. The van der Waals surface area contributed by atoms with Crippen molar-refractivity contribution >= 4 is 108 Å². The maximum Gasteiger partial charge on any atom is 0.489 e. The predicted molar refractivity (Wildman–Crippen MR) is 328 cm³/mol. The average Bonchev–Trinajstić information content (AvgIpc) is 4.16. The summed E-state index contributed by atoms with van der Waals surface area (Å²) < 4.78 is 17.4. The monoisotopic (exact) mass is 1210 g/mol. The number of H-pyrrole nitrogens is 2. The Bertz CT molecular complexity index is 3840. The number of nitrogens with zero attached hydrogens (tertiary/aromatic N) is 8. The van der Waals surface area contributed by atoms with Crippen LogP contribution in [0, 0.1) is 25.7 Å². The first-order chi connectivity index (χ1) is 38.5. The van der Waals surface area contributed by atoms with Crippen molar-refractivity contribution in [2.75, 3.05) is 36.1 Å². The fraction of sp³-hybridized carbons (Fsp3) is 0.267. The molecule has 12 rings (SSSR count). The zero-order chi connectivity index (χ0) is 56.4. The minimum atomic E-state index is -1.40. The van der Waals surface area contributed by atoms with Gasteiger partial charge in [0, 0.05) is 96.9 Å². The molecule has 2 aliphatic rings. The van der Waals surface area contributed by atoms with Gasteiger partial charge in [0.05, 0.1) is 50.4 Å². The summed E-state index contributed by atoms with van der Waals surface area (Å²) in [5.41, 5.74) is 13.3. The quantitative estimate of drug-likeness (QED) is 0.0868. The number of ether oxygens (including phenoxy) is 2. The highest BCUT2D eigenvalue weighted by atomic mass is 79.9. The van der Waals surface area contributed by atoms with Gasteiger partial charge in [0.15, 0.2) is 0 Å². The molecular weight excluding hydrogens is 1160 g/mol. The first kappa shape index (κ1) is 56.8. The number of anilines is 2.